The smallest absolute Gasteiger partial charge is 0.261 e. The molecule has 0 aliphatic heterocycles. The summed E-state index contributed by atoms with van der Waals surface area (Å²) < 4.78 is 27.3. The van der Waals surface area contributed by atoms with Gasteiger partial charge in [-0.2, -0.15) is 0 Å². The molecule has 162 valence electrons. The molecule has 0 aliphatic carbocycles. The zero-order valence-electron chi connectivity index (χ0n) is 17.5. The minimum absolute atomic E-state index is 0.180. The van der Waals surface area contributed by atoms with Crippen molar-refractivity contribution in [2.24, 2.45) is 0 Å². The summed E-state index contributed by atoms with van der Waals surface area (Å²) in [6, 6.07) is 29.1. The van der Waals surface area contributed by atoms with Crippen LogP contribution in [0.2, 0.25) is 0 Å². The van der Waals surface area contributed by atoms with Crippen LogP contribution in [0.15, 0.2) is 102 Å². The van der Waals surface area contributed by atoms with Crippen LogP contribution in [0.3, 0.4) is 0 Å². The van der Waals surface area contributed by atoms with Crippen molar-refractivity contribution >= 4 is 32.4 Å². The lowest BCUT2D eigenvalue weighted by atomic mass is 10.0. The highest BCUT2D eigenvalue weighted by Crippen LogP contribution is 2.20. The van der Waals surface area contributed by atoms with E-state index in [4.69, 9.17) is 0 Å². The van der Waals surface area contributed by atoms with Crippen LogP contribution in [0.1, 0.15) is 22.3 Å². The number of fused-ring (bicyclic) bond motifs is 1. The van der Waals surface area contributed by atoms with E-state index < -0.39 is 10.0 Å². The van der Waals surface area contributed by atoms with Crippen molar-refractivity contribution in [2.45, 2.75) is 17.7 Å². The SMILES string of the molecule is O=C(NCCCc1cccc2ccccc12)c1ccc(NS(=O)(=O)c2ccccc2)cc1. The minimum atomic E-state index is -3.66. The van der Waals surface area contributed by atoms with Gasteiger partial charge in [0, 0.05) is 17.8 Å². The number of carbonyl (C=O) groups excluding carboxylic acids is 1. The fraction of sp³-hybridized carbons (Fsp3) is 0.115. The predicted octanol–water partition coefficient (Wildman–Crippen LogP) is 5.00. The van der Waals surface area contributed by atoms with Gasteiger partial charge in [0.05, 0.1) is 4.90 Å². The molecule has 0 spiro atoms. The van der Waals surface area contributed by atoms with Gasteiger partial charge in [-0.15, -0.1) is 0 Å². The van der Waals surface area contributed by atoms with Crippen LogP contribution in [-0.2, 0) is 16.4 Å². The Balaban J connectivity index is 1.30. The van der Waals surface area contributed by atoms with E-state index in [0.29, 0.717) is 17.8 Å². The molecule has 1 amide bonds. The highest BCUT2D eigenvalue weighted by atomic mass is 32.2. The molecule has 0 saturated carbocycles. The van der Waals surface area contributed by atoms with Gasteiger partial charge in [-0.05, 0) is 65.6 Å². The Morgan fingerprint density at radius 3 is 2.22 bits per heavy atom. The highest BCUT2D eigenvalue weighted by Gasteiger charge is 2.14. The van der Waals surface area contributed by atoms with E-state index in [9.17, 15) is 13.2 Å². The molecule has 0 fully saturated rings. The Bertz CT molecular complexity index is 1310. The van der Waals surface area contributed by atoms with Crippen molar-refractivity contribution in [3.8, 4) is 0 Å². The molecule has 0 atom stereocenters. The molecular weight excluding hydrogens is 420 g/mol. The highest BCUT2D eigenvalue weighted by molar-refractivity contribution is 7.92. The zero-order valence-corrected chi connectivity index (χ0v) is 18.3. The number of aryl methyl sites for hydroxylation is 1. The number of hydrogen-bond donors (Lipinski definition) is 2. The van der Waals surface area contributed by atoms with Gasteiger partial charge in [0.15, 0.2) is 0 Å². The second-order valence-corrected chi connectivity index (χ2v) is 9.18. The van der Waals surface area contributed by atoms with E-state index in [2.05, 4.69) is 40.4 Å². The van der Waals surface area contributed by atoms with Crippen molar-refractivity contribution < 1.29 is 13.2 Å². The summed E-state index contributed by atoms with van der Waals surface area (Å²) in [5.41, 5.74) is 2.16. The summed E-state index contributed by atoms with van der Waals surface area (Å²) in [6.45, 7) is 0.560. The molecule has 2 N–H and O–H groups in total. The summed E-state index contributed by atoms with van der Waals surface area (Å²) >= 11 is 0. The molecule has 0 saturated heterocycles. The molecule has 4 aromatic rings. The van der Waals surface area contributed by atoms with Gasteiger partial charge in [-0.1, -0.05) is 60.7 Å². The Morgan fingerprint density at radius 1 is 0.750 bits per heavy atom. The third-order valence-corrected chi connectivity index (χ3v) is 6.64. The Kier molecular flexibility index (Phi) is 6.52. The lowest BCUT2D eigenvalue weighted by Gasteiger charge is -2.10. The van der Waals surface area contributed by atoms with Gasteiger partial charge >= 0.3 is 0 Å². The van der Waals surface area contributed by atoms with Crippen LogP contribution in [0.4, 0.5) is 5.69 Å². The molecule has 5 nitrogen and oxygen atoms in total. The Labute approximate surface area is 188 Å². The summed E-state index contributed by atoms with van der Waals surface area (Å²) in [6.07, 6.45) is 1.70. The van der Waals surface area contributed by atoms with Gasteiger partial charge in [0.1, 0.15) is 0 Å². The minimum Gasteiger partial charge on any atom is -0.352 e. The molecule has 0 aliphatic rings. The van der Waals surface area contributed by atoms with Crippen LogP contribution >= 0.6 is 0 Å². The first kappa shape index (κ1) is 21.6. The summed E-state index contributed by atoms with van der Waals surface area (Å²) in [5, 5.41) is 5.40. The third-order valence-electron chi connectivity index (χ3n) is 5.24. The third kappa shape index (κ3) is 5.15. The summed E-state index contributed by atoms with van der Waals surface area (Å²) in [7, 11) is -3.66. The van der Waals surface area contributed by atoms with Crippen molar-refractivity contribution in [2.75, 3.05) is 11.3 Å². The van der Waals surface area contributed by atoms with E-state index in [0.717, 1.165) is 12.8 Å². The monoisotopic (exact) mass is 444 g/mol. The van der Waals surface area contributed by atoms with Crippen molar-refractivity contribution in [3.63, 3.8) is 0 Å². The maximum Gasteiger partial charge on any atom is 0.261 e. The lowest BCUT2D eigenvalue weighted by Crippen LogP contribution is -2.24. The molecule has 0 unspecified atom stereocenters. The molecule has 0 radical (unpaired) electrons. The molecular formula is C26H24N2O3S. The van der Waals surface area contributed by atoms with Gasteiger partial charge in [-0.3, -0.25) is 9.52 Å². The molecule has 0 heterocycles. The number of rotatable bonds is 8. The average Bonchev–Trinajstić information content (AvgIpc) is 2.82. The average molecular weight is 445 g/mol. The second kappa shape index (κ2) is 9.66. The molecule has 32 heavy (non-hydrogen) atoms. The van der Waals surface area contributed by atoms with Crippen LogP contribution in [0, 0.1) is 0 Å². The largest absolute Gasteiger partial charge is 0.352 e. The number of carbonyl (C=O) groups is 1. The first-order valence-electron chi connectivity index (χ1n) is 10.5. The standard InChI is InChI=1S/C26H24N2O3S/c29-26(27-19-7-11-21-10-6-9-20-8-4-5-14-25(20)21)22-15-17-23(18-16-22)28-32(30,31)24-12-2-1-3-13-24/h1-6,8-10,12-18,28H,7,11,19H2,(H,27,29). The van der Waals surface area contributed by atoms with E-state index in [-0.39, 0.29) is 10.8 Å². The van der Waals surface area contributed by atoms with Crippen LogP contribution in [0.5, 0.6) is 0 Å². The van der Waals surface area contributed by atoms with Gasteiger partial charge < -0.3 is 5.32 Å². The molecule has 0 bridgehead atoms. The van der Waals surface area contributed by atoms with Crippen molar-refractivity contribution in [3.05, 3.63) is 108 Å². The van der Waals surface area contributed by atoms with Crippen molar-refractivity contribution in [1.82, 2.24) is 5.32 Å². The maximum atomic E-state index is 12.4. The Hall–Kier alpha value is -3.64. The summed E-state index contributed by atoms with van der Waals surface area (Å²) in [4.78, 5) is 12.6. The van der Waals surface area contributed by atoms with E-state index in [1.807, 2.05) is 12.1 Å². The first-order valence-corrected chi connectivity index (χ1v) is 11.9. The quantitative estimate of drug-likeness (QED) is 0.376. The number of hydrogen-bond acceptors (Lipinski definition) is 3. The van der Waals surface area contributed by atoms with Crippen molar-refractivity contribution in [1.29, 1.82) is 0 Å². The maximum absolute atomic E-state index is 12.4. The first-order chi connectivity index (χ1) is 15.5. The van der Waals surface area contributed by atoms with E-state index in [1.165, 1.54) is 28.5 Å². The van der Waals surface area contributed by atoms with E-state index in [1.54, 1.807) is 42.5 Å². The normalized spacial score (nSPS) is 11.2. The van der Waals surface area contributed by atoms with Crippen LogP contribution in [0.25, 0.3) is 10.8 Å². The molecule has 6 heteroatoms. The fourth-order valence-corrected chi connectivity index (χ4v) is 4.68. The van der Waals surface area contributed by atoms with Crippen LogP contribution < -0.4 is 10.0 Å². The second-order valence-electron chi connectivity index (χ2n) is 7.49. The van der Waals surface area contributed by atoms with E-state index >= 15 is 0 Å². The van der Waals surface area contributed by atoms with Gasteiger partial charge in [0.25, 0.3) is 15.9 Å². The van der Waals surface area contributed by atoms with Crippen LogP contribution in [-0.4, -0.2) is 20.9 Å². The fourth-order valence-electron chi connectivity index (χ4n) is 3.60. The number of benzene rings is 4. The molecule has 4 aromatic carbocycles. The number of sulfonamides is 1. The Morgan fingerprint density at radius 2 is 1.44 bits per heavy atom. The number of anilines is 1. The van der Waals surface area contributed by atoms with Gasteiger partial charge in [-0.25, -0.2) is 8.42 Å². The molecule has 0 aromatic heterocycles. The topological polar surface area (TPSA) is 75.3 Å². The zero-order chi connectivity index (χ0) is 22.4. The lowest BCUT2D eigenvalue weighted by molar-refractivity contribution is 0.0953. The predicted molar refractivity (Wildman–Crippen MR) is 128 cm³/mol. The molecule has 4 rings (SSSR count). The van der Waals surface area contributed by atoms with Gasteiger partial charge in [0.2, 0.25) is 0 Å². The number of amides is 1. The summed E-state index contributed by atoms with van der Waals surface area (Å²) in [5.74, 6) is -0.180. The number of nitrogens with one attached hydrogen (secondary N) is 2.